The van der Waals surface area contributed by atoms with Gasteiger partial charge in [-0.15, -0.1) is 0 Å². The standard InChI is InChI=1S/C22H31NO5/c1-4-12-13-7-5-6-8-23-17(13)16-15(19(12)24)11(3)22(26)28-20(16)18(23)14-9-10(2)21(25)27-14/h10-12,14-16,18-20,24H,4-9H2,1-3H3/t10-,11-,12+,14+,15-,16+,18+,19-,20+/m0/s1. The van der Waals surface area contributed by atoms with E-state index in [2.05, 4.69) is 11.8 Å². The molecule has 154 valence electrons. The van der Waals surface area contributed by atoms with Gasteiger partial charge in [-0.2, -0.15) is 0 Å². The highest BCUT2D eigenvalue weighted by atomic mass is 16.6. The predicted octanol–water partition coefficient (Wildman–Crippen LogP) is 2.25. The summed E-state index contributed by atoms with van der Waals surface area (Å²) in [6.07, 6.45) is 3.66. The Kier molecular flexibility index (Phi) is 4.27. The number of cyclic esters (lactones) is 1. The Hall–Kier alpha value is -1.56. The van der Waals surface area contributed by atoms with Crippen LogP contribution in [0, 0.1) is 29.6 Å². The third-order valence-electron chi connectivity index (χ3n) is 8.05. The van der Waals surface area contributed by atoms with E-state index < -0.39 is 6.10 Å². The Morgan fingerprint density at radius 1 is 1.14 bits per heavy atom. The zero-order chi connectivity index (χ0) is 19.7. The molecule has 5 rings (SSSR count). The monoisotopic (exact) mass is 389 g/mol. The van der Waals surface area contributed by atoms with Crippen molar-refractivity contribution in [1.29, 1.82) is 0 Å². The second kappa shape index (κ2) is 6.48. The van der Waals surface area contributed by atoms with Gasteiger partial charge in [-0.25, -0.2) is 0 Å². The van der Waals surface area contributed by atoms with Gasteiger partial charge < -0.3 is 19.5 Å². The molecule has 0 spiro atoms. The Labute approximate surface area is 166 Å². The number of hydrogen-bond acceptors (Lipinski definition) is 6. The summed E-state index contributed by atoms with van der Waals surface area (Å²) >= 11 is 0. The molecular weight excluding hydrogens is 358 g/mol. The van der Waals surface area contributed by atoms with Crippen LogP contribution in [-0.2, 0) is 19.1 Å². The third kappa shape index (κ3) is 2.36. The number of aliphatic hydroxyl groups excluding tert-OH is 1. The van der Waals surface area contributed by atoms with Gasteiger partial charge in [0, 0.05) is 30.0 Å². The maximum atomic E-state index is 12.8. The average molecular weight is 389 g/mol. The molecule has 4 aliphatic heterocycles. The molecular formula is C22H31NO5. The van der Waals surface area contributed by atoms with E-state index in [4.69, 9.17) is 9.47 Å². The van der Waals surface area contributed by atoms with Crippen LogP contribution < -0.4 is 0 Å². The lowest BCUT2D eigenvalue weighted by Gasteiger charge is -2.47. The number of carbonyl (C=O) groups is 2. The molecule has 6 heteroatoms. The fraction of sp³-hybridized carbons (Fsp3) is 0.818. The molecule has 0 bridgehead atoms. The normalized spacial score (nSPS) is 47.6. The van der Waals surface area contributed by atoms with Gasteiger partial charge in [0.1, 0.15) is 18.2 Å². The number of hydrogen-bond donors (Lipinski definition) is 1. The van der Waals surface area contributed by atoms with Crippen LogP contribution in [0.25, 0.3) is 0 Å². The molecule has 0 aromatic heterocycles. The van der Waals surface area contributed by atoms with Gasteiger partial charge in [-0.05, 0) is 37.7 Å². The molecule has 5 aliphatic rings. The molecule has 28 heavy (non-hydrogen) atoms. The quantitative estimate of drug-likeness (QED) is 0.730. The fourth-order valence-corrected chi connectivity index (χ4v) is 6.77. The second-order valence-electron chi connectivity index (χ2n) is 9.46. The van der Waals surface area contributed by atoms with Gasteiger partial charge in [0.2, 0.25) is 0 Å². The minimum atomic E-state index is -0.511. The predicted molar refractivity (Wildman–Crippen MR) is 101 cm³/mol. The van der Waals surface area contributed by atoms with E-state index in [1.54, 1.807) is 0 Å². The average Bonchev–Trinajstić information content (AvgIpc) is 3.05. The summed E-state index contributed by atoms with van der Waals surface area (Å²) in [5.41, 5.74) is 2.67. The first kappa shape index (κ1) is 18.5. The van der Waals surface area contributed by atoms with Crippen LogP contribution in [0.4, 0.5) is 0 Å². The SMILES string of the molecule is CC[C@@H]1C2=C3[C@@H]4[C@@H](OC(=O)[C@@H](C)[C@@H]4[C@H]1O)[C@@H]([C@H]1C[C@H](C)C(=O)O1)N3CCCC2. The molecule has 4 heterocycles. The number of aliphatic hydroxyl groups is 1. The molecule has 0 aromatic rings. The highest BCUT2D eigenvalue weighted by molar-refractivity contribution is 5.75. The van der Waals surface area contributed by atoms with Crippen LogP contribution in [-0.4, -0.2) is 52.8 Å². The molecule has 0 aromatic carbocycles. The molecule has 0 amide bonds. The lowest BCUT2D eigenvalue weighted by atomic mass is 9.63. The molecule has 0 radical (unpaired) electrons. The Morgan fingerprint density at radius 2 is 1.93 bits per heavy atom. The number of esters is 2. The number of rotatable bonds is 2. The summed E-state index contributed by atoms with van der Waals surface area (Å²) in [5.74, 6) is -0.779. The van der Waals surface area contributed by atoms with Gasteiger partial charge in [-0.1, -0.05) is 20.8 Å². The minimum Gasteiger partial charge on any atom is -0.460 e. The summed E-state index contributed by atoms with van der Waals surface area (Å²) in [6, 6.07) is -0.122. The molecule has 9 atom stereocenters. The first-order chi connectivity index (χ1) is 13.4. The van der Waals surface area contributed by atoms with Crippen LogP contribution in [0.5, 0.6) is 0 Å². The summed E-state index contributed by atoms with van der Waals surface area (Å²) < 4.78 is 11.8. The molecule has 0 unspecified atom stereocenters. The highest BCUT2D eigenvalue weighted by Gasteiger charge is 2.64. The van der Waals surface area contributed by atoms with Crippen LogP contribution in [0.15, 0.2) is 11.3 Å². The molecule has 1 aliphatic carbocycles. The van der Waals surface area contributed by atoms with Gasteiger partial charge >= 0.3 is 11.9 Å². The fourth-order valence-electron chi connectivity index (χ4n) is 6.77. The van der Waals surface area contributed by atoms with E-state index in [1.165, 1.54) is 11.3 Å². The first-order valence-corrected chi connectivity index (χ1v) is 11.0. The summed E-state index contributed by atoms with van der Waals surface area (Å²) in [4.78, 5) is 27.3. The lowest BCUT2D eigenvalue weighted by Crippen LogP contribution is -2.55. The Balaban J connectivity index is 1.65. The van der Waals surface area contributed by atoms with Crippen molar-refractivity contribution >= 4 is 11.9 Å². The van der Waals surface area contributed by atoms with Gasteiger partial charge in [0.15, 0.2) is 0 Å². The van der Waals surface area contributed by atoms with E-state index in [1.807, 2.05) is 13.8 Å². The second-order valence-corrected chi connectivity index (χ2v) is 9.46. The maximum absolute atomic E-state index is 12.8. The van der Waals surface area contributed by atoms with Gasteiger partial charge in [0.05, 0.1) is 17.9 Å². The van der Waals surface area contributed by atoms with E-state index >= 15 is 0 Å². The van der Waals surface area contributed by atoms with Crippen molar-refractivity contribution in [1.82, 2.24) is 4.90 Å². The van der Waals surface area contributed by atoms with Crippen LogP contribution in [0.3, 0.4) is 0 Å². The van der Waals surface area contributed by atoms with Crippen molar-refractivity contribution in [2.75, 3.05) is 6.54 Å². The minimum absolute atomic E-state index is 0.0261. The molecule has 3 saturated heterocycles. The van der Waals surface area contributed by atoms with Gasteiger partial charge in [0.25, 0.3) is 0 Å². The van der Waals surface area contributed by atoms with Gasteiger partial charge in [-0.3, -0.25) is 9.59 Å². The van der Waals surface area contributed by atoms with E-state index in [-0.39, 0.29) is 59.8 Å². The zero-order valence-electron chi connectivity index (χ0n) is 17.0. The molecule has 3 fully saturated rings. The molecule has 1 N–H and O–H groups in total. The van der Waals surface area contributed by atoms with E-state index in [9.17, 15) is 14.7 Å². The van der Waals surface area contributed by atoms with Crippen molar-refractivity contribution in [3.05, 3.63) is 11.3 Å². The lowest BCUT2D eigenvalue weighted by molar-refractivity contribution is -0.180. The topological polar surface area (TPSA) is 76.1 Å². The highest BCUT2D eigenvalue weighted by Crippen LogP contribution is 2.57. The van der Waals surface area contributed by atoms with E-state index in [0.29, 0.717) is 6.42 Å². The van der Waals surface area contributed by atoms with Crippen LogP contribution in [0.1, 0.15) is 52.9 Å². The summed E-state index contributed by atoms with van der Waals surface area (Å²) in [7, 11) is 0. The number of nitrogens with zero attached hydrogens (tertiary/aromatic N) is 1. The molecule has 6 nitrogen and oxygen atoms in total. The Bertz CT molecular complexity index is 732. The van der Waals surface area contributed by atoms with Crippen LogP contribution >= 0.6 is 0 Å². The molecule has 0 saturated carbocycles. The van der Waals surface area contributed by atoms with Crippen molar-refractivity contribution in [2.24, 2.45) is 29.6 Å². The number of ether oxygens (including phenoxy) is 2. The van der Waals surface area contributed by atoms with Crippen molar-refractivity contribution in [3.8, 4) is 0 Å². The summed E-state index contributed by atoms with van der Waals surface area (Å²) in [6.45, 7) is 6.85. The van der Waals surface area contributed by atoms with Crippen molar-refractivity contribution in [2.45, 2.75) is 77.2 Å². The third-order valence-corrected chi connectivity index (χ3v) is 8.05. The first-order valence-electron chi connectivity index (χ1n) is 11.0. The zero-order valence-corrected chi connectivity index (χ0v) is 17.0. The van der Waals surface area contributed by atoms with E-state index in [0.717, 1.165) is 32.2 Å². The maximum Gasteiger partial charge on any atom is 0.309 e. The van der Waals surface area contributed by atoms with Crippen molar-refractivity contribution < 1.29 is 24.2 Å². The largest absolute Gasteiger partial charge is 0.460 e. The number of carbonyl (C=O) groups excluding carboxylic acids is 2. The van der Waals surface area contributed by atoms with Crippen molar-refractivity contribution in [3.63, 3.8) is 0 Å². The smallest absolute Gasteiger partial charge is 0.309 e. The Morgan fingerprint density at radius 3 is 2.61 bits per heavy atom. The van der Waals surface area contributed by atoms with Crippen LogP contribution in [0.2, 0.25) is 0 Å². The summed E-state index contributed by atoms with van der Waals surface area (Å²) in [5, 5.41) is 11.3.